The second kappa shape index (κ2) is 6.33. The van der Waals surface area contributed by atoms with Crippen molar-refractivity contribution in [2.75, 3.05) is 45.9 Å². The van der Waals surface area contributed by atoms with Crippen LogP contribution in [-0.2, 0) is 9.53 Å². The highest BCUT2D eigenvalue weighted by atomic mass is 16.5. The van der Waals surface area contributed by atoms with Crippen molar-refractivity contribution >= 4 is 5.91 Å². The van der Waals surface area contributed by atoms with E-state index < -0.39 is 0 Å². The molecule has 1 fully saturated rings. The third-order valence-corrected chi connectivity index (χ3v) is 3.42. The van der Waals surface area contributed by atoms with E-state index in [2.05, 4.69) is 18.7 Å². The van der Waals surface area contributed by atoms with E-state index in [0.717, 1.165) is 26.2 Å². The first kappa shape index (κ1) is 14.4. The fourth-order valence-corrected chi connectivity index (χ4v) is 1.97. The van der Waals surface area contributed by atoms with E-state index in [1.54, 1.807) is 0 Å². The minimum atomic E-state index is 0.0229. The molecule has 0 aromatic rings. The molecule has 5 nitrogen and oxygen atoms in total. The Morgan fingerprint density at radius 3 is 2.35 bits per heavy atom. The fourth-order valence-electron chi connectivity index (χ4n) is 1.97. The summed E-state index contributed by atoms with van der Waals surface area (Å²) < 4.78 is 5.14. The Morgan fingerprint density at radius 2 is 1.88 bits per heavy atom. The number of nitrogens with two attached hydrogens (primary N) is 1. The number of carbonyl (C=O) groups excluding carboxylic acids is 1. The molecule has 1 heterocycles. The van der Waals surface area contributed by atoms with Gasteiger partial charge in [-0.05, 0) is 20.8 Å². The highest BCUT2D eigenvalue weighted by Gasteiger charge is 2.29. The van der Waals surface area contributed by atoms with Gasteiger partial charge in [-0.15, -0.1) is 0 Å². The Morgan fingerprint density at radius 1 is 1.29 bits per heavy atom. The summed E-state index contributed by atoms with van der Waals surface area (Å²) in [6, 6.07) is 0. The number of carbonyl (C=O) groups is 1. The lowest BCUT2D eigenvalue weighted by atomic mass is 10.0. The van der Waals surface area contributed by atoms with Crippen LogP contribution in [0.25, 0.3) is 0 Å². The standard InChI is InChI=1S/C12H25N3O2/c1-4-17-9-11(16)14-5-7-15(8-6-14)12(2,3)10-13/h4-10,13H2,1-3H3. The molecular formula is C12H25N3O2. The largest absolute Gasteiger partial charge is 0.372 e. The van der Waals surface area contributed by atoms with Crippen molar-refractivity contribution in [3.8, 4) is 0 Å². The molecular weight excluding hydrogens is 218 g/mol. The Kier molecular flexibility index (Phi) is 5.36. The quantitative estimate of drug-likeness (QED) is 0.733. The average Bonchev–Trinajstić information content (AvgIpc) is 2.36. The molecule has 0 spiro atoms. The molecule has 0 unspecified atom stereocenters. The van der Waals surface area contributed by atoms with Gasteiger partial charge in [0.05, 0.1) is 0 Å². The van der Waals surface area contributed by atoms with Crippen molar-refractivity contribution in [2.45, 2.75) is 26.3 Å². The Bertz CT molecular complexity index is 248. The molecule has 1 rings (SSSR count). The smallest absolute Gasteiger partial charge is 0.248 e. The van der Waals surface area contributed by atoms with Gasteiger partial charge in [0.15, 0.2) is 0 Å². The van der Waals surface area contributed by atoms with E-state index in [0.29, 0.717) is 13.2 Å². The fraction of sp³-hybridized carbons (Fsp3) is 0.917. The van der Waals surface area contributed by atoms with Gasteiger partial charge in [0.25, 0.3) is 0 Å². The van der Waals surface area contributed by atoms with Crippen LogP contribution < -0.4 is 5.73 Å². The zero-order chi connectivity index (χ0) is 12.9. The summed E-state index contributed by atoms with van der Waals surface area (Å²) in [4.78, 5) is 16.0. The summed E-state index contributed by atoms with van der Waals surface area (Å²) in [6.07, 6.45) is 0. The zero-order valence-corrected chi connectivity index (χ0v) is 11.2. The maximum atomic E-state index is 11.7. The van der Waals surface area contributed by atoms with Gasteiger partial charge in [-0.2, -0.15) is 0 Å². The lowest BCUT2D eigenvalue weighted by Gasteiger charge is -2.43. The van der Waals surface area contributed by atoms with Gasteiger partial charge in [-0.1, -0.05) is 0 Å². The summed E-state index contributed by atoms with van der Waals surface area (Å²) in [6.45, 7) is 10.9. The molecule has 0 bridgehead atoms. The topological polar surface area (TPSA) is 58.8 Å². The molecule has 1 amide bonds. The molecule has 1 saturated heterocycles. The van der Waals surface area contributed by atoms with Crippen molar-refractivity contribution < 1.29 is 9.53 Å². The van der Waals surface area contributed by atoms with Crippen molar-refractivity contribution in [3.63, 3.8) is 0 Å². The van der Waals surface area contributed by atoms with Gasteiger partial charge in [0.1, 0.15) is 6.61 Å². The third-order valence-electron chi connectivity index (χ3n) is 3.42. The van der Waals surface area contributed by atoms with Crippen molar-refractivity contribution in [3.05, 3.63) is 0 Å². The van der Waals surface area contributed by atoms with E-state index in [9.17, 15) is 4.79 Å². The van der Waals surface area contributed by atoms with Crippen LogP contribution in [-0.4, -0.2) is 67.2 Å². The molecule has 0 aromatic heterocycles. The Balaban J connectivity index is 2.38. The Hall–Kier alpha value is -0.650. The Labute approximate surface area is 104 Å². The van der Waals surface area contributed by atoms with E-state index in [-0.39, 0.29) is 18.1 Å². The van der Waals surface area contributed by atoms with Gasteiger partial charge in [-0.25, -0.2) is 0 Å². The molecule has 1 aliphatic heterocycles. The summed E-state index contributed by atoms with van der Waals surface area (Å²) >= 11 is 0. The highest BCUT2D eigenvalue weighted by Crippen LogP contribution is 2.15. The lowest BCUT2D eigenvalue weighted by Crippen LogP contribution is -2.58. The number of ether oxygens (including phenoxy) is 1. The molecule has 0 aliphatic carbocycles. The van der Waals surface area contributed by atoms with Gasteiger partial charge >= 0.3 is 0 Å². The molecule has 2 N–H and O–H groups in total. The molecule has 0 radical (unpaired) electrons. The number of rotatable bonds is 5. The maximum absolute atomic E-state index is 11.7. The van der Waals surface area contributed by atoms with E-state index in [1.165, 1.54) is 0 Å². The SMILES string of the molecule is CCOCC(=O)N1CCN(C(C)(C)CN)CC1. The monoisotopic (exact) mass is 243 g/mol. The number of hydrogen-bond donors (Lipinski definition) is 1. The van der Waals surface area contributed by atoms with Crippen LogP contribution in [0.15, 0.2) is 0 Å². The summed E-state index contributed by atoms with van der Waals surface area (Å²) in [5, 5.41) is 0. The van der Waals surface area contributed by atoms with Crippen LogP contribution in [0, 0.1) is 0 Å². The zero-order valence-electron chi connectivity index (χ0n) is 11.2. The first-order valence-corrected chi connectivity index (χ1v) is 6.32. The molecule has 17 heavy (non-hydrogen) atoms. The van der Waals surface area contributed by atoms with Gasteiger partial charge in [0.2, 0.25) is 5.91 Å². The normalized spacial score (nSPS) is 18.5. The highest BCUT2D eigenvalue weighted by molar-refractivity contribution is 5.77. The van der Waals surface area contributed by atoms with Crippen LogP contribution in [0.1, 0.15) is 20.8 Å². The minimum Gasteiger partial charge on any atom is -0.372 e. The van der Waals surface area contributed by atoms with Crippen LogP contribution in [0.5, 0.6) is 0 Å². The summed E-state index contributed by atoms with van der Waals surface area (Å²) in [7, 11) is 0. The first-order valence-electron chi connectivity index (χ1n) is 6.32. The van der Waals surface area contributed by atoms with Crippen LogP contribution in [0.4, 0.5) is 0 Å². The van der Waals surface area contributed by atoms with E-state index in [4.69, 9.17) is 10.5 Å². The molecule has 0 atom stereocenters. The number of piperazine rings is 1. The average molecular weight is 243 g/mol. The second-order valence-corrected chi connectivity index (χ2v) is 5.02. The molecule has 100 valence electrons. The van der Waals surface area contributed by atoms with Gasteiger partial charge in [0, 0.05) is 44.9 Å². The predicted octanol–water partition coefficient (Wildman–Crippen LogP) is -0.0956. The van der Waals surface area contributed by atoms with Crippen LogP contribution in [0.2, 0.25) is 0 Å². The number of amides is 1. The minimum absolute atomic E-state index is 0.0229. The van der Waals surface area contributed by atoms with Crippen LogP contribution >= 0.6 is 0 Å². The van der Waals surface area contributed by atoms with E-state index >= 15 is 0 Å². The second-order valence-electron chi connectivity index (χ2n) is 5.02. The predicted molar refractivity (Wildman–Crippen MR) is 67.8 cm³/mol. The molecule has 0 aromatic carbocycles. The van der Waals surface area contributed by atoms with E-state index in [1.807, 2.05) is 11.8 Å². The molecule has 5 heteroatoms. The van der Waals surface area contributed by atoms with Crippen molar-refractivity contribution in [2.24, 2.45) is 5.73 Å². The first-order chi connectivity index (χ1) is 8.01. The summed E-state index contributed by atoms with van der Waals surface area (Å²) in [5.74, 6) is 0.0945. The summed E-state index contributed by atoms with van der Waals surface area (Å²) in [5.41, 5.74) is 5.78. The van der Waals surface area contributed by atoms with Crippen molar-refractivity contribution in [1.29, 1.82) is 0 Å². The lowest BCUT2D eigenvalue weighted by molar-refractivity contribution is -0.138. The van der Waals surface area contributed by atoms with Gasteiger partial charge in [-0.3, -0.25) is 9.69 Å². The molecule has 1 aliphatic rings. The third kappa shape index (κ3) is 3.94. The number of nitrogens with zero attached hydrogens (tertiary/aromatic N) is 2. The van der Waals surface area contributed by atoms with Gasteiger partial charge < -0.3 is 15.4 Å². The maximum Gasteiger partial charge on any atom is 0.248 e. The molecule has 0 saturated carbocycles. The van der Waals surface area contributed by atoms with Crippen molar-refractivity contribution in [1.82, 2.24) is 9.80 Å². The number of hydrogen-bond acceptors (Lipinski definition) is 4. The van der Waals surface area contributed by atoms with Crippen LogP contribution in [0.3, 0.4) is 0 Å².